The van der Waals surface area contributed by atoms with E-state index in [1.54, 1.807) is 15.9 Å². The molecule has 2 N–H and O–H groups in total. The predicted molar refractivity (Wildman–Crippen MR) is 180 cm³/mol. The average molecular weight is 656 g/mol. The Hall–Kier alpha value is -4.28. The van der Waals surface area contributed by atoms with Crippen LogP contribution in [-0.2, 0) is 28.7 Å². The van der Waals surface area contributed by atoms with Gasteiger partial charge in [-0.25, -0.2) is 0 Å². The highest BCUT2D eigenvalue weighted by molar-refractivity contribution is 6.06. The number of esters is 1. The van der Waals surface area contributed by atoms with Crippen LogP contribution >= 0.6 is 0 Å². The lowest BCUT2D eigenvalue weighted by atomic mass is 9.77. The third kappa shape index (κ3) is 6.43. The second-order valence-corrected chi connectivity index (χ2v) is 13.3. The summed E-state index contributed by atoms with van der Waals surface area (Å²) in [4.78, 5) is 59.8. The van der Waals surface area contributed by atoms with Crippen LogP contribution in [0.4, 0.5) is 5.69 Å². The van der Waals surface area contributed by atoms with Gasteiger partial charge in [-0.05, 0) is 55.9 Å². The van der Waals surface area contributed by atoms with E-state index in [1.165, 1.54) is 0 Å². The van der Waals surface area contributed by atoms with E-state index in [2.05, 4.69) is 5.32 Å². The van der Waals surface area contributed by atoms with Gasteiger partial charge < -0.3 is 29.7 Å². The standard InChI is InChI=1S/C38H45N3O7/c1-25-17-18-26(2)28(23-25)40-21-12-19-38-33(35(44)41(34(38)36(40)45)20-10-3-4-11-22-42)32-29(48-38)15-8-9-16-31(43)39-24-30(47-37(32)46)27-13-6-5-7-14-27/h5-8,12-15,17-19,23,29-30,32-34,42H,3-4,9-11,16,20-22,24H2,1-2H3,(H,39,43)/b15-8-/t29-,30+,32+,33+,34-,38+/m1/s1. The molecule has 3 amide bonds. The number of carbonyl (C=O) groups is 4. The number of hydrogen-bond acceptors (Lipinski definition) is 7. The number of anilines is 1. The second kappa shape index (κ2) is 14.5. The Bertz CT molecular complexity index is 1590. The number of aliphatic hydroxyl groups excluding tert-OH is 1. The number of nitrogens with zero attached hydrogens (tertiary/aromatic N) is 2. The van der Waals surface area contributed by atoms with Crippen molar-refractivity contribution in [3.05, 3.63) is 89.5 Å². The molecule has 10 nitrogen and oxygen atoms in total. The minimum Gasteiger partial charge on any atom is -0.455 e. The topological polar surface area (TPSA) is 125 Å². The molecule has 6 atom stereocenters. The number of aryl methyl sites for hydroxylation is 2. The SMILES string of the molecule is Cc1ccc(C)c(N2CC=C[C@]34O[C@@H]5/C=C\CCC(=O)NC[C@@H](c6ccccc6)OC(=O)[C@@H]5[C@H]3C(=O)N(CCCCCCO)[C@@H]4C2=O)c1. The van der Waals surface area contributed by atoms with Crippen LogP contribution < -0.4 is 10.2 Å². The van der Waals surface area contributed by atoms with E-state index in [1.807, 2.05) is 80.6 Å². The minimum absolute atomic E-state index is 0.0894. The maximum absolute atomic E-state index is 14.8. The van der Waals surface area contributed by atoms with Crippen LogP contribution in [0.3, 0.4) is 0 Å². The molecule has 0 bridgehead atoms. The van der Waals surface area contributed by atoms with Crippen molar-refractivity contribution >= 4 is 29.4 Å². The van der Waals surface area contributed by atoms with Gasteiger partial charge in [-0.2, -0.15) is 0 Å². The van der Waals surface area contributed by atoms with Gasteiger partial charge in [0.15, 0.2) is 0 Å². The van der Waals surface area contributed by atoms with Gasteiger partial charge in [0, 0.05) is 31.8 Å². The van der Waals surface area contributed by atoms with Gasteiger partial charge in [0.25, 0.3) is 5.91 Å². The Morgan fingerprint density at radius 3 is 2.54 bits per heavy atom. The number of rotatable bonds is 8. The van der Waals surface area contributed by atoms with E-state index in [4.69, 9.17) is 9.47 Å². The van der Waals surface area contributed by atoms with Crippen molar-refractivity contribution in [1.29, 1.82) is 0 Å². The Morgan fingerprint density at radius 1 is 0.958 bits per heavy atom. The number of benzene rings is 2. The molecule has 2 aromatic rings. The molecule has 254 valence electrons. The van der Waals surface area contributed by atoms with E-state index in [9.17, 15) is 24.3 Å². The third-order valence-electron chi connectivity index (χ3n) is 10.0. The molecule has 10 heteroatoms. The summed E-state index contributed by atoms with van der Waals surface area (Å²) in [6.45, 7) is 4.73. The number of cyclic esters (lactones) is 1. The van der Waals surface area contributed by atoms with Crippen LogP contribution in [0.5, 0.6) is 0 Å². The lowest BCUT2D eigenvalue weighted by Crippen LogP contribution is -2.55. The first-order valence-corrected chi connectivity index (χ1v) is 17.1. The number of likely N-dealkylation sites (tertiary alicyclic amines) is 1. The molecule has 2 aromatic carbocycles. The van der Waals surface area contributed by atoms with E-state index >= 15 is 0 Å². The molecule has 1 spiro atoms. The number of aliphatic hydroxyl groups is 1. The first-order chi connectivity index (χ1) is 23.2. The number of amides is 3. The Kier molecular flexibility index (Phi) is 10.1. The van der Waals surface area contributed by atoms with Crippen LogP contribution in [0, 0.1) is 25.7 Å². The van der Waals surface area contributed by atoms with Crippen LogP contribution in [0.15, 0.2) is 72.8 Å². The van der Waals surface area contributed by atoms with Gasteiger partial charge in [-0.1, -0.05) is 79.6 Å². The summed E-state index contributed by atoms with van der Waals surface area (Å²) in [5, 5.41) is 12.2. The van der Waals surface area contributed by atoms with E-state index < -0.39 is 41.7 Å². The zero-order valence-corrected chi connectivity index (χ0v) is 27.7. The van der Waals surface area contributed by atoms with Crippen molar-refractivity contribution in [1.82, 2.24) is 10.2 Å². The zero-order valence-electron chi connectivity index (χ0n) is 27.7. The number of ether oxygens (including phenoxy) is 2. The normalized spacial score (nSPS) is 29.6. The van der Waals surface area contributed by atoms with Crippen molar-refractivity contribution in [2.24, 2.45) is 11.8 Å². The molecular formula is C38H45N3O7. The monoisotopic (exact) mass is 655 g/mol. The fraction of sp³-hybridized carbons (Fsp3) is 0.474. The summed E-state index contributed by atoms with van der Waals surface area (Å²) in [5.74, 6) is -3.34. The van der Waals surface area contributed by atoms with Crippen molar-refractivity contribution in [2.45, 2.75) is 76.2 Å². The van der Waals surface area contributed by atoms with Gasteiger partial charge >= 0.3 is 5.97 Å². The Balaban J connectivity index is 1.41. The van der Waals surface area contributed by atoms with Crippen molar-refractivity contribution in [3.8, 4) is 0 Å². The zero-order chi connectivity index (χ0) is 33.8. The van der Waals surface area contributed by atoms with E-state index in [0.717, 1.165) is 35.2 Å². The molecule has 0 aliphatic carbocycles. The third-order valence-corrected chi connectivity index (χ3v) is 10.0. The van der Waals surface area contributed by atoms with Crippen molar-refractivity contribution in [2.75, 3.05) is 31.1 Å². The molecule has 0 saturated carbocycles. The minimum atomic E-state index is -1.40. The van der Waals surface area contributed by atoms with Gasteiger partial charge in [0.05, 0.1) is 18.6 Å². The van der Waals surface area contributed by atoms with Crippen LogP contribution in [0.25, 0.3) is 0 Å². The number of allylic oxidation sites excluding steroid dienone is 1. The van der Waals surface area contributed by atoms with Gasteiger partial charge in [0.1, 0.15) is 23.7 Å². The van der Waals surface area contributed by atoms with E-state index in [0.29, 0.717) is 25.8 Å². The Morgan fingerprint density at radius 2 is 1.75 bits per heavy atom. The number of hydrogen-bond donors (Lipinski definition) is 2. The molecule has 0 radical (unpaired) electrons. The van der Waals surface area contributed by atoms with Gasteiger partial charge in [0.2, 0.25) is 11.8 Å². The first-order valence-electron chi connectivity index (χ1n) is 17.1. The highest BCUT2D eigenvalue weighted by Gasteiger charge is 2.71. The fourth-order valence-electron chi connectivity index (χ4n) is 7.62. The highest BCUT2D eigenvalue weighted by atomic mass is 16.6. The van der Waals surface area contributed by atoms with Gasteiger partial charge in [-0.3, -0.25) is 19.2 Å². The smallest absolute Gasteiger partial charge is 0.313 e. The van der Waals surface area contributed by atoms with Gasteiger partial charge in [-0.15, -0.1) is 0 Å². The second-order valence-electron chi connectivity index (χ2n) is 13.3. The van der Waals surface area contributed by atoms with Crippen LogP contribution in [0.2, 0.25) is 0 Å². The average Bonchev–Trinajstić information content (AvgIpc) is 3.46. The molecule has 6 rings (SSSR count). The summed E-state index contributed by atoms with van der Waals surface area (Å²) < 4.78 is 13.0. The molecule has 4 aliphatic rings. The number of carbonyl (C=O) groups excluding carboxylic acids is 4. The summed E-state index contributed by atoms with van der Waals surface area (Å²) in [5.41, 5.74) is 2.03. The van der Waals surface area contributed by atoms with Crippen LogP contribution in [-0.4, -0.2) is 77.7 Å². The number of fused-ring (bicyclic) bond motifs is 2. The first kappa shape index (κ1) is 33.6. The quantitative estimate of drug-likeness (QED) is 0.249. The molecule has 0 unspecified atom stereocenters. The maximum atomic E-state index is 14.8. The Labute approximate surface area is 281 Å². The molecule has 2 saturated heterocycles. The fourth-order valence-corrected chi connectivity index (χ4v) is 7.62. The van der Waals surface area contributed by atoms with Crippen molar-refractivity contribution < 1.29 is 33.8 Å². The predicted octanol–water partition coefficient (Wildman–Crippen LogP) is 4.09. The summed E-state index contributed by atoms with van der Waals surface area (Å²) in [7, 11) is 0. The van der Waals surface area contributed by atoms with Crippen molar-refractivity contribution in [3.63, 3.8) is 0 Å². The molecule has 48 heavy (non-hydrogen) atoms. The number of nitrogens with one attached hydrogen (secondary N) is 1. The van der Waals surface area contributed by atoms with Crippen LogP contribution in [0.1, 0.15) is 61.3 Å². The summed E-state index contributed by atoms with van der Waals surface area (Å²) in [6.07, 6.45) is 9.21. The molecule has 4 aliphatic heterocycles. The summed E-state index contributed by atoms with van der Waals surface area (Å²) in [6, 6.07) is 14.2. The molecular weight excluding hydrogens is 610 g/mol. The lowest BCUT2D eigenvalue weighted by molar-refractivity contribution is -0.159. The molecule has 2 fully saturated rings. The lowest BCUT2D eigenvalue weighted by Gasteiger charge is -2.35. The summed E-state index contributed by atoms with van der Waals surface area (Å²) >= 11 is 0. The molecule has 0 aromatic heterocycles. The largest absolute Gasteiger partial charge is 0.455 e. The maximum Gasteiger partial charge on any atom is 0.313 e. The van der Waals surface area contributed by atoms with E-state index in [-0.39, 0.29) is 43.8 Å². The molecule has 4 heterocycles. The highest BCUT2D eigenvalue weighted by Crippen LogP contribution is 2.53. The number of unbranched alkanes of at least 4 members (excludes halogenated alkanes) is 3.